The highest BCUT2D eigenvalue weighted by atomic mass is 19.1. The summed E-state index contributed by atoms with van der Waals surface area (Å²) < 4.78 is 59.5. The van der Waals surface area contributed by atoms with E-state index >= 15 is 0 Å². The van der Waals surface area contributed by atoms with E-state index < -0.39 is 53.9 Å². The summed E-state index contributed by atoms with van der Waals surface area (Å²) in [6, 6.07) is 4.83. The molecule has 0 unspecified atom stereocenters. The molecule has 0 bridgehead atoms. The summed E-state index contributed by atoms with van der Waals surface area (Å²) in [5, 5.41) is 5.29. The molecule has 36 heavy (non-hydrogen) atoms. The molecule has 2 saturated heterocycles. The van der Waals surface area contributed by atoms with Gasteiger partial charge in [0, 0.05) is 18.7 Å². The van der Waals surface area contributed by atoms with Gasteiger partial charge < -0.3 is 18.9 Å². The van der Waals surface area contributed by atoms with Crippen LogP contribution >= 0.6 is 0 Å². The van der Waals surface area contributed by atoms with Crippen LogP contribution < -0.4 is 10.3 Å². The highest BCUT2D eigenvalue weighted by Gasteiger charge is 2.52. The lowest BCUT2D eigenvalue weighted by atomic mass is 9.84. The molecule has 3 aliphatic rings. The molecule has 4 heterocycles. The number of hydrogen-bond donors (Lipinski definition) is 0. The summed E-state index contributed by atoms with van der Waals surface area (Å²) in [6.45, 7) is 8.00. The smallest absolute Gasteiger partial charge is 0.469 e. The zero-order chi connectivity index (χ0) is 25.8. The van der Waals surface area contributed by atoms with E-state index in [-0.39, 0.29) is 19.0 Å². The molecule has 0 saturated carbocycles. The molecule has 12 heteroatoms. The van der Waals surface area contributed by atoms with Gasteiger partial charge in [0.05, 0.1) is 35.9 Å². The zero-order valence-electron chi connectivity index (χ0n) is 20.4. The molecule has 8 nitrogen and oxygen atoms in total. The number of ether oxygens (including phenoxy) is 1. The number of benzene rings is 1. The van der Waals surface area contributed by atoms with Crippen molar-refractivity contribution in [2.75, 3.05) is 13.1 Å². The Morgan fingerprint density at radius 3 is 2.33 bits per heavy atom. The monoisotopic (exact) mass is 502 g/mol. The summed E-state index contributed by atoms with van der Waals surface area (Å²) in [7, 11) is -0.768. The van der Waals surface area contributed by atoms with E-state index in [0.717, 1.165) is 6.07 Å². The first-order chi connectivity index (χ1) is 16.9. The lowest BCUT2D eigenvalue weighted by Crippen LogP contribution is -2.59. The van der Waals surface area contributed by atoms with Crippen LogP contribution in [-0.4, -0.2) is 64.7 Å². The number of hydrogen-bond acceptors (Lipinski definition) is 6. The van der Waals surface area contributed by atoms with Crippen LogP contribution in [0, 0.1) is 17.5 Å². The molecule has 0 aliphatic carbocycles. The summed E-state index contributed by atoms with van der Waals surface area (Å²) >= 11 is 0. The van der Waals surface area contributed by atoms with E-state index in [1.807, 2.05) is 27.7 Å². The Hall–Kier alpha value is -3.12. The highest BCUT2D eigenvalue weighted by Crippen LogP contribution is 2.36. The number of hydrazone groups is 1. The Morgan fingerprint density at radius 2 is 1.69 bits per heavy atom. The van der Waals surface area contributed by atoms with Gasteiger partial charge in [-0.15, -0.1) is 0 Å². The van der Waals surface area contributed by atoms with Crippen LogP contribution in [0.5, 0.6) is 5.88 Å². The summed E-state index contributed by atoms with van der Waals surface area (Å²) in [6.07, 6.45) is 1.38. The fourth-order valence-corrected chi connectivity index (χ4v) is 4.23. The largest absolute Gasteiger partial charge is 0.514 e. The van der Waals surface area contributed by atoms with Gasteiger partial charge in [-0.25, -0.2) is 28.0 Å². The predicted octanol–water partition coefficient (Wildman–Crippen LogP) is 3.41. The van der Waals surface area contributed by atoms with E-state index in [1.165, 1.54) is 40.4 Å². The minimum atomic E-state index is -0.768. The summed E-state index contributed by atoms with van der Waals surface area (Å²) in [4.78, 5) is 18.7. The van der Waals surface area contributed by atoms with Gasteiger partial charge in [0.25, 0.3) is 0 Å². The van der Waals surface area contributed by atoms with E-state index in [4.69, 9.17) is 14.0 Å². The first-order valence-electron chi connectivity index (χ1n) is 11.7. The third-order valence-electron chi connectivity index (χ3n) is 7.02. The highest BCUT2D eigenvalue weighted by molar-refractivity contribution is 6.61. The minimum absolute atomic E-state index is 0.178. The summed E-state index contributed by atoms with van der Waals surface area (Å²) in [5.41, 5.74) is -0.445. The molecular weight excluding hydrogens is 476 g/mol. The van der Waals surface area contributed by atoms with Crippen LogP contribution in [0.4, 0.5) is 18.0 Å². The third kappa shape index (κ3) is 4.43. The SMILES string of the molecule is CC1(C)OB(c2ccc(F)c(OC3CN(C(=O)N4N=CC[C@H]4c4cc(F)cc(F)c4)C3)n2)OC1(C)C. The van der Waals surface area contributed by atoms with E-state index in [2.05, 4.69) is 10.1 Å². The van der Waals surface area contributed by atoms with Gasteiger partial charge in [0.15, 0.2) is 5.82 Å². The van der Waals surface area contributed by atoms with Gasteiger partial charge in [0.2, 0.25) is 5.88 Å². The normalized spacial score (nSPS) is 22.8. The van der Waals surface area contributed by atoms with Crippen molar-refractivity contribution in [2.45, 2.75) is 57.5 Å². The van der Waals surface area contributed by atoms with Crippen molar-refractivity contribution in [3.8, 4) is 5.88 Å². The Morgan fingerprint density at radius 1 is 1.06 bits per heavy atom. The molecule has 1 aromatic carbocycles. The quantitative estimate of drug-likeness (QED) is 0.600. The average Bonchev–Trinajstić information content (AvgIpc) is 3.32. The molecule has 2 aromatic rings. The molecule has 1 aromatic heterocycles. The van der Waals surface area contributed by atoms with Crippen molar-refractivity contribution < 1.29 is 32.0 Å². The van der Waals surface area contributed by atoms with E-state index in [9.17, 15) is 18.0 Å². The van der Waals surface area contributed by atoms with Crippen molar-refractivity contribution in [1.29, 1.82) is 0 Å². The number of likely N-dealkylation sites (tertiary alicyclic amines) is 1. The number of carbonyl (C=O) groups excluding carboxylic acids is 1. The molecule has 0 radical (unpaired) electrons. The van der Waals surface area contributed by atoms with Crippen LogP contribution in [0.15, 0.2) is 35.4 Å². The fraction of sp³-hybridized carbons (Fsp3) is 0.458. The molecule has 2 fully saturated rings. The molecule has 0 N–H and O–H groups in total. The van der Waals surface area contributed by atoms with Gasteiger partial charge in [-0.1, -0.05) is 0 Å². The van der Waals surface area contributed by atoms with Gasteiger partial charge in [-0.05, 0) is 57.5 Å². The van der Waals surface area contributed by atoms with Crippen molar-refractivity contribution in [3.63, 3.8) is 0 Å². The number of carbonyl (C=O) groups is 1. The number of halogens is 3. The first kappa shape index (κ1) is 24.6. The lowest BCUT2D eigenvalue weighted by molar-refractivity contribution is 0.00578. The van der Waals surface area contributed by atoms with Crippen LogP contribution in [0.3, 0.4) is 0 Å². The van der Waals surface area contributed by atoms with Gasteiger partial charge >= 0.3 is 13.1 Å². The number of pyridine rings is 1. The minimum Gasteiger partial charge on any atom is -0.469 e. The predicted molar refractivity (Wildman–Crippen MR) is 125 cm³/mol. The van der Waals surface area contributed by atoms with Gasteiger partial charge in [-0.3, -0.25) is 0 Å². The third-order valence-corrected chi connectivity index (χ3v) is 7.02. The number of amides is 2. The van der Waals surface area contributed by atoms with Crippen LogP contribution in [0.25, 0.3) is 0 Å². The molecular formula is C24H26BF3N4O4. The lowest BCUT2D eigenvalue weighted by Gasteiger charge is -2.40. The maximum Gasteiger partial charge on any atom is 0.514 e. The Labute approximate surface area is 207 Å². The topological polar surface area (TPSA) is 76.5 Å². The van der Waals surface area contributed by atoms with Crippen molar-refractivity contribution >= 4 is 25.0 Å². The molecule has 5 rings (SSSR count). The summed E-state index contributed by atoms with van der Waals surface area (Å²) in [5.74, 6) is -2.29. The Balaban J connectivity index is 1.22. The average molecular weight is 502 g/mol. The number of rotatable bonds is 4. The second kappa shape index (κ2) is 8.77. The number of nitrogens with zero attached hydrogens (tertiary/aromatic N) is 4. The van der Waals surface area contributed by atoms with Crippen molar-refractivity contribution in [1.82, 2.24) is 14.9 Å². The van der Waals surface area contributed by atoms with E-state index in [1.54, 1.807) is 0 Å². The fourth-order valence-electron chi connectivity index (χ4n) is 4.23. The maximum atomic E-state index is 14.4. The Bertz CT molecular complexity index is 1190. The molecule has 3 aliphatic heterocycles. The number of urea groups is 1. The second-order valence-electron chi connectivity index (χ2n) is 10.1. The van der Waals surface area contributed by atoms with Crippen molar-refractivity contribution in [2.24, 2.45) is 5.10 Å². The van der Waals surface area contributed by atoms with Gasteiger partial charge in [-0.2, -0.15) is 5.10 Å². The Kier molecular flexibility index (Phi) is 5.99. The van der Waals surface area contributed by atoms with Crippen LogP contribution in [0.2, 0.25) is 0 Å². The maximum absolute atomic E-state index is 14.4. The molecule has 0 spiro atoms. The standard InChI is InChI=1S/C24H26BF3N4O4/c1-23(2)24(3,4)36-25(35-23)20-6-5-18(28)21(30-20)34-17-12-31(13-17)22(33)32-19(7-8-29-32)14-9-15(26)11-16(27)10-14/h5-6,8-11,17,19H,7,12-13H2,1-4H3/t19-/m0/s1. The second-order valence-corrected chi connectivity index (χ2v) is 10.1. The molecule has 2 amide bonds. The van der Waals surface area contributed by atoms with Gasteiger partial charge in [0.1, 0.15) is 17.7 Å². The molecule has 1 atom stereocenters. The van der Waals surface area contributed by atoms with Crippen LogP contribution in [0.1, 0.15) is 45.7 Å². The zero-order valence-corrected chi connectivity index (χ0v) is 20.4. The molecule has 190 valence electrons. The van der Waals surface area contributed by atoms with E-state index in [0.29, 0.717) is 17.6 Å². The first-order valence-corrected chi connectivity index (χ1v) is 11.7. The van der Waals surface area contributed by atoms with Crippen LogP contribution in [-0.2, 0) is 9.31 Å². The van der Waals surface area contributed by atoms with Crippen molar-refractivity contribution in [3.05, 3.63) is 53.3 Å². The number of aromatic nitrogens is 1.